The molecule has 1 aliphatic rings. The van der Waals surface area contributed by atoms with Crippen molar-refractivity contribution in [2.75, 3.05) is 0 Å². The van der Waals surface area contributed by atoms with Crippen LogP contribution in [0.4, 0.5) is 0 Å². The Hall–Kier alpha value is -1.84. The minimum absolute atomic E-state index is 0.0759. The van der Waals surface area contributed by atoms with Crippen LogP contribution in [-0.4, -0.2) is 21.7 Å². The lowest BCUT2D eigenvalue weighted by Crippen LogP contribution is -2.43. The highest BCUT2D eigenvalue weighted by Crippen LogP contribution is 2.25. The molecular formula is C18H25N3O. The van der Waals surface area contributed by atoms with Crippen LogP contribution in [0.25, 0.3) is 10.9 Å². The summed E-state index contributed by atoms with van der Waals surface area (Å²) in [6.45, 7) is 6.16. The second-order valence-electron chi connectivity index (χ2n) is 6.60. The molecule has 2 aromatic rings. The summed E-state index contributed by atoms with van der Waals surface area (Å²) in [5.74, 6) is 0.646. The Morgan fingerprint density at radius 3 is 2.82 bits per heavy atom. The predicted octanol–water partition coefficient (Wildman–Crippen LogP) is 3.60. The zero-order valence-electron chi connectivity index (χ0n) is 13.7. The number of amides is 1. The number of fused-ring (bicyclic) bond motifs is 1. The van der Waals surface area contributed by atoms with E-state index in [4.69, 9.17) is 0 Å². The van der Waals surface area contributed by atoms with E-state index in [1.165, 1.54) is 19.3 Å². The maximum Gasteiger partial charge on any atom is 0.244 e. The molecule has 1 aromatic carbocycles. The first-order chi connectivity index (χ1) is 10.6. The molecule has 1 heterocycles. The number of aromatic nitrogens is 2. The van der Waals surface area contributed by atoms with Crippen LogP contribution in [0.2, 0.25) is 0 Å². The molecule has 1 amide bonds. The number of nitrogens with zero attached hydrogens (tertiary/aromatic N) is 2. The Bertz CT molecular complexity index is 676. The van der Waals surface area contributed by atoms with E-state index in [0.717, 1.165) is 23.0 Å². The van der Waals surface area contributed by atoms with E-state index in [2.05, 4.69) is 23.4 Å². The fourth-order valence-electron chi connectivity index (χ4n) is 3.49. The molecule has 4 heteroatoms. The summed E-state index contributed by atoms with van der Waals surface area (Å²) < 4.78 is 1.85. The van der Waals surface area contributed by atoms with E-state index in [0.29, 0.717) is 12.0 Å². The van der Waals surface area contributed by atoms with Gasteiger partial charge in [0.2, 0.25) is 5.91 Å². The smallest absolute Gasteiger partial charge is 0.244 e. The third kappa shape index (κ3) is 2.74. The van der Waals surface area contributed by atoms with Gasteiger partial charge in [0.05, 0.1) is 11.2 Å². The van der Waals surface area contributed by atoms with Gasteiger partial charge in [-0.15, -0.1) is 0 Å². The van der Waals surface area contributed by atoms with Gasteiger partial charge in [-0.25, -0.2) is 0 Å². The molecule has 22 heavy (non-hydrogen) atoms. The predicted molar refractivity (Wildman–Crippen MR) is 88.7 cm³/mol. The summed E-state index contributed by atoms with van der Waals surface area (Å²) in [5, 5.41) is 8.94. The van der Waals surface area contributed by atoms with Crippen molar-refractivity contribution in [2.45, 2.75) is 58.5 Å². The van der Waals surface area contributed by atoms with Crippen molar-refractivity contribution in [3.63, 3.8) is 0 Å². The fourth-order valence-corrected chi connectivity index (χ4v) is 3.49. The van der Waals surface area contributed by atoms with Gasteiger partial charge in [-0.2, -0.15) is 5.10 Å². The molecule has 0 aliphatic heterocycles. The van der Waals surface area contributed by atoms with Crippen molar-refractivity contribution < 1.29 is 4.79 Å². The van der Waals surface area contributed by atoms with Gasteiger partial charge >= 0.3 is 0 Å². The number of carbonyl (C=O) groups excluding carboxylic acids is 1. The molecule has 4 nitrogen and oxygen atoms in total. The topological polar surface area (TPSA) is 46.9 Å². The van der Waals surface area contributed by atoms with E-state index in [9.17, 15) is 4.79 Å². The Balaban J connectivity index is 1.80. The molecule has 1 N–H and O–H groups in total. The molecule has 3 rings (SSSR count). The first-order valence-electron chi connectivity index (χ1n) is 8.32. The fraction of sp³-hybridized carbons (Fsp3) is 0.556. The SMILES string of the molecule is Cc1nn([C@H](C)C(=O)N[C@@H]2CCCC[C@H]2C)c2ccccc12. The van der Waals surface area contributed by atoms with E-state index in [-0.39, 0.29) is 11.9 Å². The number of para-hydroxylation sites is 1. The summed E-state index contributed by atoms with van der Waals surface area (Å²) in [6.07, 6.45) is 4.81. The normalized spacial score (nSPS) is 23.4. The number of carbonyl (C=O) groups is 1. The second-order valence-corrected chi connectivity index (χ2v) is 6.60. The first kappa shape index (κ1) is 15.1. The lowest BCUT2D eigenvalue weighted by Gasteiger charge is -2.30. The van der Waals surface area contributed by atoms with Crippen LogP contribution >= 0.6 is 0 Å². The van der Waals surface area contributed by atoms with Crippen molar-refractivity contribution in [1.29, 1.82) is 0 Å². The number of hydrogen-bond acceptors (Lipinski definition) is 2. The van der Waals surface area contributed by atoms with Gasteiger partial charge in [-0.05, 0) is 38.7 Å². The first-order valence-corrected chi connectivity index (χ1v) is 8.32. The highest BCUT2D eigenvalue weighted by molar-refractivity contribution is 5.86. The van der Waals surface area contributed by atoms with Crippen molar-refractivity contribution in [2.24, 2.45) is 5.92 Å². The third-order valence-electron chi connectivity index (χ3n) is 4.98. The van der Waals surface area contributed by atoms with Crippen molar-refractivity contribution >= 4 is 16.8 Å². The summed E-state index contributed by atoms with van der Waals surface area (Å²) in [7, 11) is 0. The molecule has 0 unspecified atom stereocenters. The van der Waals surface area contributed by atoms with Crippen LogP contribution in [0.5, 0.6) is 0 Å². The van der Waals surface area contributed by atoms with E-state index < -0.39 is 0 Å². The molecule has 1 aliphatic carbocycles. The maximum absolute atomic E-state index is 12.6. The molecular weight excluding hydrogens is 274 g/mol. The molecule has 0 saturated heterocycles. The summed E-state index contributed by atoms with van der Waals surface area (Å²) in [4.78, 5) is 12.6. The highest BCUT2D eigenvalue weighted by Gasteiger charge is 2.26. The van der Waals surface area contributed by atoms with Gasteiger partial charge in [0.15, 0.2) is 0 Å². The van der Waals surface area contributed by atoms with Crippen molar-refractivity contribution in [3.05, 3.63) is 30.0 Å². The number of rotatable bonds is 3. The van der Waals surface area contributed by atoms with Crippen LogP contribution in [-0.2, 0) is 4.79 Å². The molecule has 1 fully saturated rings. The van der Waals surface area contributed by atoms with Gasteiger partial charge < -0.3 is 5.32 Å². The number of aryl methyl sites for hydroxylation is 1. The average molecular weight is 299 g/mol. The Morgan fingerprint density at radius 1 is 1.32 bits per heavy atom. The monoisotopic (exact) mass is 299 g/mol. The number of nitrogens with one attached hydrogen (secondary N) is 1. The molecule has 0 radical (unpaired) electrons. The summed E-state index contributed by atoms with van der Waals surface area (Å²) in [6, 6.07) is 8.12. The minimum Gasteiger partial charge on any atom is -0.351 e. The third-order valence-corrected chi connectivity index (χ3v) is 4.98. The molecule has 0 spiro atoms. The van der Waals surface area contributed by atoms with Crippen LogP contribution in [0.15, 0.2) is 24.3 Å². The lowest BCUT2D eigenvalue weighted by atomic mass is 9.86. The van der Waals surface area contributed by atoms with Gasteiger partial charge in [-0.1, -0.05) is 38.0 Å². The molecule has 1 aromatic heterocycles. The van der Waals surface area contributed by atoms with Crippen LogP contribution in [0.3, 0.4) is 0 Å². The van der Waals surface area contributed by atoms with Crippen LogP contribution in [0, 0.1) is 12.8 Å². The second kappa shape index (κ2) is 6.11. The summed E-state index contributed by atoms with van der Waals surface area (Å²) in [5.41, 5.74) is 2.00. The standard InChI is InChI=1S/C18H25N3O/c1-12-8-4-6-10-16(12)19-18(22)14(3)21-17-11-7-5-9-15(17)13(2)20-21/h5,7,9,11-12,14,16H,4,6,8,10H2,1-3H3,(H,19,22)/t12-,14-,16-/m1/s1. The van der Waals surface area contributed by atoms with Gasteiger partial charge in [0.1, 0.15) is 6.04 Å². The Kier molecular flexibility index (Phi) is 4.19. The Morgan fingerprint density at radius 2 is 2.05 bits per heavy atom. The van der Waals surface area contributed by atoms with Crippen molar-refractivity contribution in [3.8, 4) is 0 Å². The quantitative estimate of drug-likeness (QED) is 0.941. The summed E-state index contributed by atoms with van der Waals surface area (Å²) >= 11 is 0. The molecule has 3 atom stereocenters. The number of hydrogen-bond donors (Lipinski definition) is 1. The van der Waals surface area contributed by atoms with Crippen LogP contribution in [0.1, 0.15) is 51.3 Å². The van der Waals surface area contributed by atoms with Gasteiger partial charge in [0.25, 0.3) is 0 Å². The largest absolute Gasteiger partial charge is 0.351 e. The Labute approximate surface area is 131 Å². The highest BCUT2D eigenvalue weighted by atomic mass is 16.2. The van der Waals surface area contributed by atoms with Crippen LogP contribution < -0.4 is 5.32 Å². The average Bonchev–Trinajstić information content (AvgIpc) is 2.86. The number of benzene rings is 1. The van der Waals surface area contributed by atoms with E-state index in [1.807, 2.05) is 36.7 Å². The molecule has 1 saturated carbocycles. The molecule has 0 bridgehead atoms. The lowest BCUT2D eigenvalue weighted by molar-refractivity contribution is -0.125. The zero-order chi connectivity index (χ0) is 15.7. The molecule has 118 valence electrons. The minimum atomic E-state index is -0.285. The zero-order valence-corrected chi connectivity index (χ0v) is 13.7. The van der Waals surface area contributed by atoms with E-state index >= 15 is 0 Å². The van der Waals surface area contributed by atoms with Crippen molar-refractivity contribution in [1.82, 2.24) is 15.1 Å². The van der Waals surface area contributed by atoms with E-state index in [1.54, 1.807) is 0 Å². The maximum atomic E-state index is 12.6. The van der Waals surface area contributed by atoms with Gasteiger partial charge in [0, 0.05) is 11.4 Å². The van der Waals surface area contributed by atoms with Gasteiger partial charge in [-0.3, -0.25) is 9.48 Å².